The number of hydrogen-bond donors (Lipinski definition) is 1. The number of likely N-dealkylation sites (N-methyl/N-ethyl adjacent to an activating group) is 1. The molecule has 0 aliphatic rings. The summed E-state index contributed by atoms with van der Waals surface area (Å²) in [5, 5.41) is 12.7. The zero-order chi connectivity index (χ0) is 12.0. The fourth-order valence-corrected chi connectivity index (χ4v) is 1.54. The quantitative estimate of drug-likeness (QED) is 0.856. The maximum absolute atomic E-state index is 8.97. The zero-order valence-corrected chi connectivity index (χ0v) is 10.4. The maximum Gasteiger partial charge on any atom is 0.103 e. The molecular weight excluding hydrogens is 222 g/mol. The van der Waals surface area contributed by atoms with Crippen LogP contribution >= 0.6 is 11.6 Å². The first-order valence-corrected chi connectivity index (χ1v) is 5.67. The summed E-state index contributed by atoms with van der Waals surface area (Å²) in [5.74, 6) is 0. The van der Waals surface area contributed by atoms with E-state index in [4.69, 9.17) is 16.9 Å². The third-order valence-corrected chi connectivity index (χ3v) is 2.79. The Morgan fingerprint density at radius 3 is 2.88 bits per heavy atom. The molecule has 0 spiro atoms. The molecule has 1 aromatic rings. The Labute approximate surface area is 102 Å². The van der Waals surface area contributed by atoms with Crippen molar-refractivity contribution in [2.45, 2.75) is 6.92 Å². The molecule has 0 amide bonds. The van der Waals surface area contributed by atoms with Gasteiger partial charge in [0.05, 0.1) is 16.3 Å². The van der Waals surface area contributed by atoms with Gasteiger partial charge in [0.1, 0.15) is 6.07 Å². The standard InChI is InChI=1S/C12H16ClN3/c1-3-16(2)8-7-15-12-6-4-5-11(13)10(12)9-14/h4-6,15H,3,7-8H2,1-2H3. The van der Waals surface area contributed by atoms with Gasteiger partial charge in [-0.1, -0.05) is 24.6 Å². The van der Waals surface area contributed by atoms with Crippen LogP contribution in [-0.2, 0) is 0 Å². The number of hydrogen-bond acceptors (Lipinski definition) is 3. The largest absolute Gasteiger partial charge is 0.383 e. The summed E-state index contributed by atoms with van der Waals surface area (Å²) in [6, 6.07) is 7.55. The molecule has 0 aliphatic heterocycles. The summed E-state index contributed by atoms with van der Waals surface area (Å²) >= 11 is 5.93. The number of halogens is 1. The summed E-state index contributed by atoms with van der Waals surface area (Å²) in [6.45, 7) is 4.87. The topological polar surface area (TPSA) is 39.1 Å². The van der Waals surface area contributed by atoms with Gasteiger partial charge in [-0.05, 0) is 25.7 Å². The lowest BCUT2D eigenvalue weighted by molar-refractivity contribution is 0.367. The molecule has 0 saturated carbocycles. The van der Waals surface area contributed by atoms with Crippen molar-refractivity contribution in [1.29, 1.82) is 5.26 Å². The average molecular weight is 238 g/mol. The molecule has 0 aliphatic carbocycles. The summed E-state index contributed by atoms with van der Waals surface area (Å²) in [7, 11) is 2.06. The van der Waals surface area contributed by atoms with Crippen LogP contribution < -0.4 is 5.32 Å². The van der Waals surface area contributed by atoms with Crippen molar-refractivity contribution < 1.29 is 0 Å². The smallest absolute Gasteiger partial charge is 0.103 e. The van der Waals surface area contributed by atoms with Crippen LogP contribution in [0.5, 0.6) is 0 Å². The van der Waals surface area contributed by atoms with Crippen molar-refractivity contribution in [2.75, 3.05) is 32.0 Å². The van der Waals surface area contributed by atoms with Gasteiger partial charge in [-0.2, -0.15) is 5.26 Å². The van der Waals surface area contributed by atoms with E-state index in [1.54, 1.807) is 6.07 Å². The molecular formula is C12H16ClN3. The van der Waals surface area contributed by atoms with Crippen LogP contribution in [0.1, 0.15) is 12.5 Å². The van der Waals surface area contributed by atoms with Crippen LogP contribution in [0.3, 0.4) is 0 Å². The van der Waals surface area contributed by atoms with Crippen molar-refractivity contribution >= 4 is 17.3 Å². The van der Waals surface area contributed by atoms with E-state index in [0.29, 0.717) is 10.6 Å². The second kappa shape index (κ2) is 6.37. The molecule has 0 fully saturated rings. The summed E-state index contributed by atoms with van der Waals surface area (Å²) < 4.78 is 0. The Morgan fingerprint density at radius 2 is 2.25 bits per heavy atom. The first-order chi connectivity index (χ1) is 7.69. The van der Waals surface area contributed by atoms with Crippen LogP contribution in [0, 0.1) is 11.3 Å². The molecule has 0 heterocycles. The lowest BCUT2D eigenvalue weighted by Gasteiger charge is -2.15. The van der Waals surface area contributed by atoms with Crippen molar-refractivity contribution in [1.82, 2.24) is 4.90 Å². The van der Waals surface area contributed by atoms with Gasteiger partial charge in [0.15, 0.2) is 0 Å². The lowest BCUT2D eigenvalue weighted by atomic mass is 10.2. The number of benzene rings is 1. The van der Waals surface area contributed by atoms with E-state index < -0.39 is 0 Å². The molecule has 0 saturated heterocycles. The van der Waals surface area contributed by atoms with Gasteiger partial charge in [-0.25, -0.2) is 0 Å². The SMILES string of the molecule is CCN(C)CCNc1cccc(Cl)c1C#N. The van der Waals surface area contributed by atoms with Gasteiger partial charge < -0.3 is 10.2 Å². The third kappa shape index (κ3) is 3.41. The van der Waals surface area contributed by atoms with Crippen LogP contribution in [0.15, 0.2) is 18.2 Å². The molecule has 0 atom stereocenters. The Kier molecular flexibility index (Phi) is 5.10. The molecule has 1 aromatic carbocycles. The fourth-order valence-electron chi connectivity index (χ4n) is 1.32. The second-order valence-corrected chi connectivity index (χ2v) is 4.00. The molecule has 3 nitrogen and oxygen atoms in total. The molecule has 16 heavy (non-hydrogen) atoms. The number of rotatable bonds is 5. The molecule has 86 valence electrons. The van der Waals surface area contributed by atoms with Gasteiger partial charge >= 0.3 is 0 Å². The molecule has 0 unspecified atom stereocenters. The maximum atomic E-state index is 8.97. The van der Waals surface area contributed by atoms with Gasteiger partial charge in [-0.3, -0.25) is 0 Å². The van der Waals surface area contributed by atoms with E-state index >= 15 is 0 Å². The highest BCUT2D eigenvalue weighted by Crippen LogP contribution is 2.22. The van der Waals surface area contributed by atoms with E-state index in [2.05, 4.69) is 30.3 Å². The Bertz CT molecular complexity index is 384. The van der Waals surface area contributed by atoms with Crippen LogP contribution in [0.2, 0.25) is 5.02 Å². The molecule has 1 rings (SSSR count). The lowest BCUT2D eigenvalue weighted by Crippen LogP contribution is -2.24. The van der Waals surface area contributed by atoms with E-state index in [1.807, 2.05) is 12.1 Å². The predicted molar refractivity (Wildman–Crippen MR) is 67.8 cm³/mol. The number of anilines is 1. The van der Waals surface area contributed by atoms with E-state index in [0.717, 1.165) is 25.3 Å². The summed E-state index contributed by atoms with van der Waals surface area (Å²) in [6.07, 6.45) is 0. The Morgan fingerprint density at radius 1 is 1.50 bits per heavy atom. The van der Waals surface area contributed by atoms with E-state index in [9.17, 15) is 0 Å². The first-order valence-electron chi connectivity index (χ1n) is 5.30. The minimum atomic E-state index is 0.497. The van der Waals surface area contributed by atoms with Crippen LogP contribution in [-0.4, -0.2) is 31.6 Å². The van der Waals surface area contributed by atoms with Crippen molar-refractivity contribution in [2.24, 2.45) is 0 Å². The normalized spacial score (nSPS) is 10.2. The van der Waals surface area contributed by atoms with Gasteiger partial charge in [0.2, 0.25) is 0 Å². The monoisotopic (exact) mass is 237 g/mol. The second-order valence-electron chi connectivity index (χ2n) is 3.60. The van der Waals surface area contributed by atoms with Crippen molar-refractivity contribution in [3.63, 3.8) is 0 Å². The minimum absolute atomic E-state index is 0.497. The Hall–Kier alpha value is -1.24. The average Bonchev–Trinajstić information content (AvgIpc) is 2.29. The Balaban J connectivity index is 2.61. The fraction of sp³-hybridized carbons (Fsp3) is 0.417. The molecule has 4 heteroatoms. The highest BCUT2D eigenvalue weighted by molar-refractivity contribution is 6.32. The number of nitrogens with zero attached hydrogens (tertiary/aromatic N) is 2. The minimum Gasteiger partial charge on any atom is -0.383 e. The highest BCUT2D eigenvalue weighted by atomic mass is 35.5. The van der Waals surface area contributed by atoms with Crippen LogP contribution in [0.4, 0.5) is 5.69 Å². The molecule has 0 bridgehead atoms. The molecule has 1 N–H and O–H groups in total. The third-order valence-electron chi connectivity index (χ3n) is 2.47. The van der Waals surface area contributed by atoms with Crippen molar-refractivity contribution in [3.05, 3.63) is 28.8 Å². The first kappa shape index (κ1) is 12.8. The van der Waals surface area contributed by atoms with E-state index in [1.165, 1.54) is 0 Å². The highest BCUT2D eigenvalue weighted by Gasteiger charge is 2.05. The van der Waals surface area contributed by atoms with Gasteiger partial charge in [-0.15, -0.1) is 0 Å². The van der Waals surface area contributed by atoms with Gasteiger partial charge in [0, 0.05) is 13.1 Å². The van der Waals surface area contributed by atoms with Crippen molar-refractivity contribution in [3.8, 4) is 6.07 Å². The molecule has 0 radical (unpaired) electrons. The van der Waals surface area contributed by atoms with E-state index in [-0.39, 0.29) is 0 Å². The molecule has 0 aromatic heterocycles. The summed E-state index contributed by atoms with van der Waals surface area (Å²) in [4.78, 5) is 2.20. The van der Waals surface area contributed by atoms with Gasteiger partial charge in [0.25, 0.3) is 0 Å². The number of nitrogens with one attached hydrogen (secondary N) is 1. The van der Waals surface area contributed by atoms with Crippen LogP contribution in [0.25, 0.3) is 0 Å². The summed E-state index contributed by atoms with van der Waals surface area (Å²) in [5.41, 5.74) is 1.32. The number of nitriles is 1. The predicted octanol–water partition coefficient (Wildman–Crippen LogP) is 2.58. The zero-order valence-electron chi connectivity index (χ0n) is 9.63.